The van der Waals surface area contributed by atoms with E-state index in [1.165, 1.54) is 11.1 Å². The highest BCUT2D eigenvalue weighted by Crippen LogP contribution is 2.46. The Balaban J connectivity index is 1.40. The molecule has 0 radical (unpaired) electrons. The second-order valence-electron chi connectivity index (χ2n) is 15.5. The molecule has 0 spiro atoms. The zero-order chi connectivity index (χ0) is 35.8. The maximum Gasteiger partial charge on any atom is 0.254 e. The maximum atomic E-state index is 14.2. The zero-order valence-electron chi connectivity index (χ0n) is 30.4. The Bertz CT molecular complexity index is 2010. The van der Waals surface area contributed by atoms with Gasteiger partial charge in [-0.3, -0.25) is 14.6 Å². The molecule has 10 nitrogen and oxygen atoms in total. The molecule has 0 saturated carbocycles. The van der Waals surface area contributed by atoms with Crippen molar-refractivity contribution >= 4 is 23.1 Å². The molecule has 2 atom stereocenters. The molecule has 3 heterocycles. The number of nitrogens with zero attached hydrogens (tertiary/aromatic N) is 5. The first-order valence-electron chi connectivity index (χ1n) is 17.8. The molecular formula is C40H49N7O3. The molecule has 0 aromatic heterocycles. The Morgan fingerprint density at radius 2 is 1.78 bits per heavy atom. The third-order valence-corrected chi connectivity index (χ3v) is 10.1. The van der Waals surface area contributed by atoms with Gasteiger partial charge in [-0.1, -0.05) is 37.2 Å². The van der Waals surface area contributed by atoms with Crippen LogP contribution in [0.1, 0.15) is 118 Å². The first kappa shape index (κ1) is 35.0. The summed E-state index contributed by atoms with van der Waals surface area (Å²) in [6.07, 6.45) is 3.37. The smallest absolute Gasteiger partial charge is 0.254 e. The Morgan fingerprint density at radius 1 is 1.02 bits per heavy atom. The average molecular weight is 676 g/mol. The first-order valence-corrected chi connectivity index (χ1v) is 17.8. The van der Waals surface area contributed by atoms with Gasteiger partial charge in [0.15, 0.2) is 0 Å². The Morgan fingerprint density at radius 3 is 2.56 bits per heavy atom. The highest BCUT2D eigenvalue weighted by Gasteiger charge is 2.34. The second kappa shape index (κ2) is 13.8. The molecule has 50 heavy (non-hydrogen) atoms. The number of anilines is 1. The van der Waals surface area contributed by atoms with Crippen molar-refractivity contribution in [2.24, 2.45) is 10.1 Å². The van der Waals surface area contributed by atoms with Gasteiger partial charge in [-0.05, 0) is 106 Å². The summed E-state index contributed by atoms with van der Waals surface area (Å²) in [5.41, 5.74) is 15.1. The summed E-state index contributed by atoms with van der Waals surface area (Å²) in [5.74, 6) is 1.96. The molecule has 0 saturated heterocycles. The van der Waals surface area contributed by atoms with Crippen LogP contribution in [0.15, 0.2) is 58.6 Å². The van der Waals surface area contributed by atoms with Crippen LogP contribution >= 0.6 is 0 Å². The number of amides is 2. The van der Waals surface area contributed by atoms with E-state index in [2.05, 4.69) is 86.5 Å². The molecular weight excluding hydrogens is 626 g/mol. The van der Waals surface area contributed by atoms with Gasteiger partial charge in [-0.2, -0.15) is 0 Å². The summed E-state index contributed by atoms with van der Waals surface area (Å²) in [4.78, 5) is 36.1. The van der Waals surface area contributed by atoms with E-state index < -0.39 is 0 Å². The quantitative estimate of drug-likeness (QED) is 0.0790. The van der Waals surface area contributed by atoms with Gasteiger partial charge in [-0.15, -0.1) is 0 Å². The molecule has 3 aliphatic rings. The molecule has 10 heteroatoms. The highest BCUT2D eigenvalue weighted by molar-refractivity contribution is 6.02. The van der Waals surface area contributed by atoms with Crippen molar-refractivity contribution in [1.82, 2.24) is 10.2 Å². The monoisotopic (exact) mass is 675 g/mol. The van der Waals surface area contributed by atoms with E-state index in [0.29, 0.717) is 56.3 Å². The van der Waals surface area contributed by atoms with Crippen molar-refractivity contribution < 1.29 is 14.3 Å². The van der Waals surface area contributed by atoms with E-state index in [4.69, 9.17) is 15.3 Å². The lowest BCUT2D eigenvalue weighted by atomic mass is 9.79. The number of hydrogen-bond acceptors (Lipinski definition) is 6. The number of benzene rings is 3. The summed E-state index contributed by atoms with van der Waals surface area (Å²) < 4.78 is 6.76. The van der Waals surface area contributed by atoms with Crippen LogP contribution in [-0.4, -0.2) is 54.5 Å². The molecule has 2 N–H and O–H groups in total. The lowest BCUT2D eigenvalue weighted by Gasteiger charge is -2.38. The zero-order valence-corrected chi connectivity index (χ0v) is 30.4. The summed E-state index contributed by atoms with van der Waals surface area (Å²) in [6.45, 7) is 14.6. The van der Waals surface area contributed by atoms with Gasteiger partial charge < -0.3 is 20.3 Å². The Labute approximate surface area is 294 Å². The van der Waals surface area contributed by atoms with E-state index in [-0.39, 0.29) is 22.9 Å². The number of azide groups is 1. The van der Waals surface area contributed by atoms with E-state index >= 15 is 0 Å². The van der Waals surface area contributed by atoms with Crippen LogP contribution in [0.25, 0.3) is 16.0 Å². The number of hydrogen-bond donors (Lipinski definition) is 2. The first-order chi connectivity index (χ1) is 23.8. The van der Waals surface area contributed by atoms with Crippen LogP contribution in [0.4, 0.5) is 5.69 Å². The molecule has 3 aromatic carbocycles. The summed E-state index contributed by atoms with van der Waals surface area (Å²) >= 11 is 0. The van der Waals surface area contributed by atoms with E-state index in [0.717, 1.165) is 57.3 Å². The second-order valence-corrected chi connectivity index (χ2v) is 15.5. The fraction of sp³-hybridized carbons (Fsp3) is 0.475. The molecule has 3 aliphatic heterocycles. The molecule has 0 bridgehead atoms. The maximum absolute atomic E-state index is 14.2. The fourth-order valence-corrected chi connectivity index (χ4v) is 8.01. The van der Waals surface area contributed by atoms with E-state index in [9.17, 15) is 9.59 Å². The van der Waals surface area contributed by atoms with E-state index in [1.807, 2.05) is 24.3 Å². The molecule has 0 aliphatic carbocycles. The molecule has 3 aromatic rings. The summed E-state index contributed by atoms with van der Waals surface area (Å²) in [7, 11) is 1.79. The lowest BCUT2D eigenvalue weighted by Crippen LogP contribution is -2.37. The minimum absolute atomic E-state index is 0.0448. The number of rotatable bonds is 10. The SMILES string of the molecule is CC1CC(C)(C)Nc2cc3c(cc21)C(c1ccccc1C(=O)N(C)CCCC(=O)NCCCN=[N+]=[N-])=c1cc2c(cc1O3)=NC(C)(C)CC2C. The van der Waals surface area contributed by atoms with Crippen LogP contribution in [0.3, 0.4) is 0 Å². The number of ether oxygens (including phenoxy) is 1. The van der Waals surface area contributed by atoms with Gasteiger partial charge in [0.25, 0.3) is 5.91 Å². The Kier molecular flexibility index (Phi) is 9.69. The van der Waals surface area contributed by atoms with Crippen LogP contribution in [0, 0.1) is 0 Å². The lowest BCUT2D eigenvalue weighted by molar-refractivity contribution is -0.121. The van der Waals surface area contributed by atoms with Crippen molar-refractivity contribution in [3.05, 3.63) is 97.4 Å². The van der Waals surface area contributed by atoms with Crippen molar-refractivity contribution in [3.63, 3.8) is 0 Å². The van der Waals surface area contributed by atoms with Gasteiger partial charge in [0.2, 0.25) is 5.91 Å². The van der Waals surface area contributed by atoms with Crippen molar-refractivity contribution in [1.29, 1.82) is 0 Å². The molecule has 2 unspecified atom stereocenters. The normalized spacial score (nSPS) is 19.1. The summed E-state index contributed by atoms with van der Waals surface area (Å²) in [6, 6.07) is 16.6. The number of fused-ring (bicyclic) bond motifs is 4. The Hall–Kier alpha value is -4.82. The largest absolute Gasteiger partial charge is 0.456 e. The van der Waals surface area contributed by atoms with Crippen molar-refractivity contribution in [2.45, 2.75) is 96.6 Å². The minimum Gasteiger partial charge on any atom is -0.456 e. The standard InChI is InChI=1S/C40H49N7O3/c1-24-22-39(3,4)44-32-20-34-30(18-28(24)32)37(31-19-29-25(2)23-40(5,6)45-33(29)21-35(31)50-34)26-12-8-9-13-27(26)38(49)47(7)17-10-14-36(48)42-15-11-16-43-46-41/h8-9,12-13,18-21,24-25,44H,10-11,14-17,22-23H2,1-7H3,(H,42,48). The fourth-order valence-electron chi connectivity index (χ4n) is 8.01. The third kappa shape index (κ3) is 7.22. The summed E-state index contributed by atoms with van der Waals surface area (Å²) in [5, 5.41) is 12.0. The number of carbonyl (C=O) groups excluding carboxylic acids is 2. The van der Waals surface area contributed by atoms with Gasteiger partial charge in [0.1, 0.15) is 11.5 Å². The molecule has 0 fully saturated rings. The minimum atomic E-state index is -0.165. The van der Waals surface area contributed by atoms with Crippen LogP contribution in [0.2, 0.25) is 0 Å². The predicted octanol–water partition coefficient (Wildman–Crippen LogP) is 7.31. The number of nitrogens with one attached hydrogen (secondary N) is 2. The number of carbonyl (C=O) groups is 2. The average Bonchev–Trinajstić information content (AvgIpc) is 3.04. The van der Waals surface area contributed by atoms with Crippen molar-refractivity contribution in [2.75, 3.05) is 32.0 Å². The molecule has 2 amide bonds. The van der Waals surface area contributed by atoms with Gasteiger partial charge in [-0.25, -0.2) is 0 Å². The van der Waals surface area contributed by atoms with E-state index in [1.54, 1.807) is 11.9 Å². The van der Waals surface area contributed by atoms with Crippen molar-refractivity contribution in [3.8, 4) is 11.5 Å². The third-order valence-electron chi connectivity index (χ3n) is 10.1. The van der Waals surface area contributed by atoms with Crippen LogP contribution in [-0.2, 0) is 4.79 Å². The van der Waals surface area contributed by atoms with Gasteiger partial charge in [0.05, 0.1) is 10.9 Å². The van der Waals surface area contributed by atoms with Gasteiger partial charge >= 0.3 is 0 Å². The van der Waals surface area contributed by atoms with Crippen LogP contribution < -0.4 is 25.9 Å². The topological polar surface area (TPSA) is 132 Å². The highest BCUT2D eigenvalue weighted by atomic mass is 16.5. The van der Waals surface area contributed by atoms with Crippen LogP contribution in [0.5, 0.6) is 11.5 Å². The predicted molar refractivity (Wildman–Crippen MR) is 197 cm³/mol. The van der Waals surface area contributed by atoms with Gasteiger partial charge in [0, 0.05) is 83.3 Å². The molecule has 6 rings (SSSR count). The molecule has 262 valence electrons.